The van der Waals surface area contributed by atoms with Crippen LogP contribution in [0.15, 0.2) is 0 Å². The lowest BCUT2D eigenvalue weighted by atomic mass is 10.0. The third-order valence-electron chi connectivity index (χ3n) is 3.83. The van der Waals surface area contributed by atoms with Crippen LogP contribution in [0.25, 0.3) is 0 Å². The van der Waals surface area contributed by atoms with Crippen molar-refractivity contribution in [2.75, 3.05) is 13.2 Å². The van der Waals surface area contributed by atoms with Gasteiger partial charge in [0.1, 0.15) is 6.10 Å². The number of aliphatic hydroxyl groups excluding tert-OH is 1. The summed E-state index contributed by atoms with van der Waals surface area (Å²) in [5.41, 5.74) is 0. The molecule has 0 unspecified atom stereocenters. The van der Waals surface area contributed by atoms with E-state index in [1.54, 1.807) is 0 Å². The number of carbonyl (C=O) groups excluding carboxylic acids is 2. The molecule has 1 aliphatic heterocycles. The van der Waals surface area contributed by atoms with Gasteiger partial charge in [0, 0.05) is 20.5 Å². The van der Waals surface area contributed by atoms with Gasteiger partial charge in [0.25, 0.3) is 0 Å². The summed E-state index contributed by atoms with van der Waals surface area (Å²) in [5, 5.41) is 9.92. The molecule has 1 aliphatic rings. The van der Waals surface area contributed by atoms with Crippen molar-refractivity contribution in [2.24, 2.45) is 0 Å². The molecule has 0 bridgehead atoms. The predicted octanol–water partition coefficient (Wildman–Crippen LogP) is 1.94. The largest absolute Gasteiger partial charge is 0.457 e. The summed E-state index contributed by atoms with van der Waals surface area (Å²) in [5.74, 6) is -1.03. The zero-order valence-electron chi connectivity index (χ0n) is 14.9. The summed E-state index contributed by atoms with van der Waals surface area (Å²) < 4.78 is 21.2. The first-order valence-electron chi connectivity index (χ1n) is 8.71. The Labute approximate surface area is 143 Å². The maximum Gasteiger partial charge on any atom is 0.303 e. The van der Waals surface area contributed by atoms with E-state index in [9.17, 15) is 14.7 Å². The number of aliphatic hydroxyl groups is 1. The quantitative estimate of drug-likeness (QED) is 0.477. The number of rotatable bonds is 10. The second kappa shape index (κ2) is 11.4. The van der Waals surface area contributed by atoms with Crippen molar-refractivity contribution in [1.82, 2.24) is 0 Å². The number of hydrogen-bond acceptors (Lipinski definition) is 7. The fourth-order valence-electron chi connectivity index (χ4n) is 2.69. The molecule has 0 aromatic heterocycles. The van der Waals surface area contributed by atoms with Gasteiger partial charge >= 0.3 is 11.9 Å². The number of carbonyl (C=O) groups is 2. The Morgan fingerprint density at radius 3 is 2.25 bits per heavy atom. The van der Waals surface area contributed by atoms with Gasteiger partial charge in [0.05, 0.1) is 6.61 Å². The molecule has 0 aromatic rings. The van der Waals surface area contributed by atoms with E-state index < -0.39 is 36.5 Å². The van der Waals surface area contributed by atoms with E-state index >= 15 is 0 Å². The minimum atomic E-state index is -1.30. The Morgan fingerprint density at radius 2 is 1.62 bits per heavy atom. The molecular weight excluding hydrogens is 316 g/mol. The van der Waals surface area contributed by atoms with E-state index in [1.807, 2.05) is 0 Å². The molecule has 1 fully saturated rings. The molecule has 1 saturated heterocycles. The van der Waals surface area contributed by atoms with Crippen molar-refractivity contribution in [3.8, 4) is 0 Å². The third kappa shape index (κ3) is 7.59. The summed E-state index contributed by atoms with van der Waals surface area (Å²) in [6.45, 7) is 5.15. The summed E-state index contributed by atoms with van der Waals surface area (Å²) >= 11 is 0. The highest BCUT2D eigenvalue weighted by atomic mass is 16.7. The van der Waals surface area contributed by atoms with Gasteiger partial charge in [-0.05, 0) is 6.42 Å². The molecule has 0 aromatic carbocycles. The Morgan fingerprint density at radius 1 is 1.00 bits per heavy atom. The van der Waals surface area contributed by atoms with Gasteiger partial charge < -0.3 is 24.1 Å². The maximum atomic E-state index is 11.3. The normalized spacial score (nSPS) is 26.8. The first-order chi connectivity index (χ1) is 11.5. The lowest BCUT2D eigenvalue weighted by Gasteiger charge is -2.39. The average Bonchev–Trinajstić information content (AvgIpc) is 2.51. The second-order valence-corrected chi connectivity index (χ2v) is 6.05. The molecule has 0 aliphatic carbocycles. The fourth-order valence-corrected chi connectivity index (χ4v) is 2.69. The van der Waals surface area contributed by atoms with Crippen LogP contribution < -0.4 is 0 Å². The van der Waals surface area contributed by atoms with Crippen LogP contribution in [0.4, 0.5) is 0 Å². The van der Waals surface area contributed by atoms with Crippen LogP contribution in [0.5, 0.6) is 0 Å². The van der Waals surface area contributed by atoms with Gasteiger partial charge in [-0.1, -0.05) is 39.0 Å². The lowest BCUT2D eigenvalue weighted by molar-refractivity contribution is -0.271. The molecule has 0 radical (unpaired) electrons. The van der Waals surface area contributed by atoms with Gasteiger partial charge in [0.2, 0.25) is 0 Å². The third-order valence-corrected chi connectivity index (χ3v) is 3.83. The van der Waals surface area contributed by atoms with E-state index in [1.165, 1.54) is 33.1 Å². The van der Waals surface area contributed by atoms with Gasteiger partial charge in [0.15, 0.2) is 18.5 Å². The molecule has 0 spiro atoms. The Balaban J connectivity index is 2.54. The zero-order chi connectivity index (χ0) is 17.9. The van der Waals surface area contributed by atoms with Crippen LogP contribution in [-0.2, 0) is 28.5 Å². The molecule has 1 heterocycles. The second-order valence-electron chi connectivity index (χ2n) is 6.05. The lowest BCUT2D eigenvalue weighted by Crippen LogP contribution is -2.57. The van der Waals surface area contributed by atoms with Gasteiger partial charge in [-0.2, -0.15) is 0 Å². The van der Waals surface area contributed by atoms with Crippen LogP contribution in [-0.4, -0.2) is 54.9 Å². The Hall–Kier alpha value is -1.18. The molecule has 0 saturated carbocycles. The highest BCUT2D eigenvalue weighted by Gasteiger charge is 2.44. The maximum absolute atomic E-state index is 11.3. The van der Waals surface area contributed by atoms with Crippen molar-refractivity contribution in [3.05, 3.63) is 0 Å². The predicted molar refractivity (Wildman–Crippen MR) is 86.2 cm³/mol. The van der Waals surface area contributed by atoms with Gasteiger partial charge in [-0.15, -0.1) is 0 Å². The molecule has 140 valence electrons. The van der Waals surface area contributed by atoms with Crippen LogP contribution in [0, 0.1) is 0 Å². The molecule has 7 heteroatoms. The van der Waals surface area contributed by atoms with Crippen molar-refractivity contribution < 1.29 is 33.6 Å². The highest BCUT2D eigenvalue weighted by Crippen LogP contribution is 2.23. The summed E-state index contributed by atoms with van der Waals surface area (Å²) in [7, 11) is 0. The standard InChI is InChI=1S/C17H30O7/c1-4-5-6-7-8-9-10-21-15-14(23-12(2)18)11-22-17(20)16(15)24-13(3)19/h14-17,20H,4-11H2,1-3H3/t14-,15-,16+,17-/m1/s1. The van der Waals surface area contributed by atoms with Crippen LogP contribution in [0.1, 0.15) is 59.3 Å². The van der Waals surface area contributed by atoms with Crippen molar-refractivity contribution >= 4 is 11.9 Å². The smallest absolute Gasteiger partial charge is 0.303 e. The van der Waals surface area contributed by atoms with Crippen LogP contribution >= 0.6 is 0 Å². The van der Waals surface area contributed by atoms with Gasteiger partial charge in [-0.25, -0.2) is 0 Å². The summed E-state index contributed by atoms with van der Waals surface area (Å²) in [4.78, 5) is 22.5. The molecule has 4 atom stereocenters. The monoisotopic (exact) mass is 346 g/mol. The van der Waals surface area contributed by atoms with E-state index in [-0.39, 0.29) is 6.61 Å². The van der Waals surface area contributed by atoms with Crippen molar-refractivity contribution in [2.45, 2.75) is 83.9 Å². The molecule has 24 heavy (non-hydrogen) atoms. The SMILES string of the molecule is CCCCCCCCO[C@H]1[C@H](OC(C)=O)[C@H](O)OC[C@H]1OC(C)=O. The fraction of sp³-hybridized carbons (Fsp3) is 0.882. The molecule has 1 N–H and O–H groups in total. The summed E-state index contributed by atoms with van der Waals surface area (Å²) in [6, 6.07) is 0. The first-order valence-corrected chi connectivity index (χ1v) is 8.71. The summed E-state index contributed by atoms with van der Waals surface area (Å²) in [6.07, 6.45) is 2.93. The minimum Gasteiger partial charge on any atom is -0.457 e. The van der Waals surface area contributed by atoms with E-state index in [0.717, 1.165) is 19.3 Å². The highest BCUT2D eigenvalue weighted by molar-refractivity contribution is 5.67. The molecular formula is C17H30O7. The Kier molecular flexibility index (Phi) is 9.90. The van der Waals surface area contributed by atoms with Crippen molar-refractivity contribution in [1.29, 1.82) is 0 Å². The van der Waals surface area contributed by atoms with Crippen LogP contribution in [0.2, 0.25) is 0 Å². The molecule has 7 nitrogen and oxygen atoms in total. The number of ether oxygens (including phenoxy) is 4. The van der Waals surface area contributed by atoms with E-state index in [4.69, 9.17) is 18.9 Å². The number of hydrogen-bond donors (Lipinski definition) is 1. The Bertz CT molecular complexity index is 385. The molecule has 1 rings (SSSR count). The topological polar surface area (TPSA) is 91.3 Å². The number of esters is 2. The van der Waals surface area contributed by atoms with E-state index in [2.05, 4.69) is 6.92 Å². The zero-order valence-corrected chi connectivity index (χ0v) is 14.9. The van der Waals surface area contributed by atoms with Crippen LogP contribution in [0.3, 0.4) is 0 Å². The number of unbranched alkanes of at least 4 members (excludes halogenated alkanes) is 5. The molecule has 0 amide bonds. The van der Waals surface area contributed by atoms with Crippen molar-refractivity contribution in [3.63, 3.8) is 0 Å². The van der Waals surface area contributed by atoms with Gasteiger partial charge in [-0.3, -0.25) is 9.59 Å². The first kappa shape index (κ1) is 20.9. The van der Waals surface area contributed by atoms with E-state index in [0.29, 0.717) is 6.61 Å². The average molecular weight is 346 g/mol. The minimum absolute atomic E-state index is 0.000319.